The van der Waals surface area contributed by atoms with E-state index < -0.39 is 0 Å². The molecule has 2 atom stereocenters. The molecule has 0 aromatic heterocycles. The first-order valence-corrected chi connectivity index (χ1v) is 11.3. The molecule has 1 aliphatic rings. The van der Waals surface area contributed by atoms with Crippen LogP contribution in [-0.4, -0.2) is 44.9 Å². The molecule has 5 heteroatoms. The number of ether oxygens (including phenoxy) is 3. The third kappa shape index (κ3) is 6.91. The maximum atomic E-state index is 11.9. The fourth-order valence-electron chi connectivity index (χ4n) is 3.97. The van der Waals surface area contributed by atoms with E-state index in [-0.39, 0.29) is 12.0 Å². The van der Waals surface area contributed by atoms with E-state index in [2.05, 4.69) is 43.3 Å². The smallest absolute Gasteiger partial charge is 0.409 e. The molecule has 3 rings (SSSR count). The van der Waals surface area contributed by atoms with Crippen molar-refractivity contribution in [2.75, 3.05) is 33.9 Å². The fraction of sp³-hybridized carbons (Fsp3) is 0.500. The number of nitrogens with zero attached hydrogens (tertiary/aromatic N) is 1. The van der Waals surface area contributed by atoms with Gasteiger partial charge in [0.1, 0.15) is 0 Å². The van der Waals surface area contributed by atoms with Crippen LogP contribution in [0.15, 0.2) is 48.5 Å². The van der Waals surface area contributed by atoms with Crippen LogP contribution in [0.25, 0.3) is 0 Å². The van der Waals surface area contributed by atoms with Gasteiger partial charge in [0.15, 0.2) is 11.5 Å². The number of methoxy groups -OCH3 is 2. The highest BCUT2D eigenvalue weighted by Crippen LogP contribution is 2.37. The van der Waals surface area contributed by atoms with Crippen LogP contribution in [0.2, 0.25) is 0 Å². The first-order chi connectivity index (χ1) is 15.1. The molecule has 1 aliphatic heterocycles. The van der Waals surface area contributed by atoms with Crippen molar-refractivity contribution in [1.29, 1.82) is 0 Å². The maximum Gasteiger partial charge on any atom is 0.409 e. The molecule has 1 fully saturated rings. The number of carbonyl (C=O) groups excluding carboxylic acids is 1. The summed E-state index contributed by atoms with van der Waals surface area (Å²) in [5.74, 6) is 2.14. The van der Waals surface area contributed by atoms with Crippen molar-refractivity contribution in [3.63, 3.8) is 0 Å². The van der Waals surface area contributed by atoms with Crippen LogP contribution in [-0.2, 0) is 11.2 Å². The Morgan fingerprint density at radius 3 is 2.42 bits per heavy atom. The number of amides is 1. The highest BCUT2D eigenvalue weighted by Gasteiger charge is 2.34. The zero-order valence-corrected chi connectivity index (χ0v) is 19.6. The van der Waals surface area contributed by atoms with Crippen LogP contribution in [0.5, 0.6) is 11.5 Å². The van der Waals surface area contributed by atoms with Gasteiger partial charge in [-0.2, -0.15) is 0 Å². The Bertz CT molecular complexity index is 793. The standard InChI is InChI=1S/C24H31NO4.C2H6/c1-18-16-25(24(26)28-3)17-21(18)20-12-13-22(27-2)23(15-20)29-14-8-7-11-19-9-5-4-6-10-19;1-2/h4-6,9-10,12-13,15,18,21H,7-8,11,14,16-17H2,1-3H3;1-2H3/t18?,21-;/m1./s1. The lowest BCUT2D eigenvalue weighted by molar-refractivity contribution is 0.131. The van der Waals surface area contributed by atoms with Crippen molar-refractivity contribution in [2.45, 2.75) is 46.0 Å². The van der Waals surface area contributed by atoms with Crippen LogP contribution in [0, 0.1) is 5.92 Å². The second-order valence-corrected chi connectivity index (χ2v) is 7.66. The largest absolute Gasteiger partial charge is 0.493 e. The lowest BCUT2D eigenvalue weighted by Crippen LogP contribution is -2.28. The molecule has 2 aromatic carbocycles. The van der Waals surface area contributed by atoms with E-state index in [4.69, 9.17) is 14.2 Å². The van der Waals surface area contributed by atoms with Crippen molar-refractivity contribution in [1.82, 2.24) is 4.90 Å². The highest BCUT2D eigenvalue weighted by molar-refractivity contribution is 5.68. The van der Waals surface area contributed by atoms with E-state index in [1.807, 2.05) is 26.0 Å². The molecule has 0 aliphatic carbocycles. The predicted molar refractivity (Wildman–Crippen MR) is 125 cm³/mol. The molecule has 1 heterocycles. The van der Waals surface area contributed by atoms with Gasteiger partial charge in [-0.1, -0.05) is 57.2 Å². The van der Waals surface area contributed by atoms with Crippen LogP contribution in [0.3, 0.4) is 0 Å². The third-order valence-corrected chi connectivity index (χ3v) is 5.62. The van der Waals surface area contributed by atoms with E-state index in [1.54, 1.807) is 12.0 Å². The van der Waals surface area contributed by atoms with Gasteiger partial charge in [0.2, 0.25) is 0 Å². The van der Waals surface area contributed by atoms with Gasteiger partial charge in [0.05, 0.1) is 20.8 Å². The minimum absolute atomic E-state index is 0.261. The molecule has 5 nitrogen and oxygen atoms in total. The normalized spacial score (nSPS) is 17.5. The van der Waals surface area contributed by atoms with Gasteiger partial charge in [-0.15, -0.1) is 0 Å². The molecule has 0 N–H and O–H groups in total. The summed E-state index contributed by atoms with van der Waals surface area (Å²) in [7, 11) is 3.09. The van der Waals surface area contributed by atoms with Gasteiger partial charge in [0, 0.05) is 19.0 Å². The second kappa shape index (κ2) is 12.9. The van der Waals surface area contributed by atoms with Crippen LogP contribution in [0.4, 0.5) is 4.79 Å². The van der Waals surface area contributed by atoms with Crippen LogP contribution in [0.1, 0.15) is 50.7 Å². The number of aryl methyl sites for hydroxylation is 1. The minimum Gasteiger partial charge on any atom is -0.493 e. The molecule has 0 spiro atoms. The zero-order valence-electron chi connectivity index (χ0n) is 19.6. The molecule has 1 amide bonds. The third-order valence-electron chi connectivity index (χ3n) is 5.62. The monoisotopic (exact) mass is 427 g/mol. The number of unbranched alkanes of at least 4 members (excludes halogenated alkanes) is 1. The maximum absolute atomic E-state index is 11.9. The van der Waals surface area contributed by atoms with E-state index in [9.17, 15) is 4.79 Å². The number of carbonyl (C=O) groups is 1. The highest BCUT2D eigenvalue weighted by atomic mass is 16.5. The molecule has 0 radical (unpaired) electrons. The molecule has 1 unspecified atom stereocenters. The molecular weight excluding hydrogens is 390 g/mol. The molecule has 170 valence electrons. The Hall–Kier alpha value is -2.69. The zero-order chi connectivity index (χ0) is 22.6. The summed E-state index contributed by atoms with van der Waals surface area (Å²) in [4.78, 5) is 13.6. The van der Waals surface area contributed by atoms with Gasteiger partial charge in [-0.3, -0.25) is 0 Å². The lowest BCUT2D eigenvalue weighted by Gasteiger charge is -2.18. The molecule has 0 saturated carbocycles. The quantitative estimate of drug-likeness (QED) is 0.490. The van der Waals surface area contributed by atoms with E-state index in [1.165, 1.54) is 18.2 Å². The van der Waals surface area contributed by atoms with Crippen molar-refractivity contribution in [3.05, 3.63) is 59.7 Å². The average Bonchev–Trinajstić information content (AvgIpc) is 3.21. The summed E-state index contributed by atoms with van der Waals surface area (Å²) in [6, 6.07) is 16.6. The van der Waals surface area contributed by atoms with Gasteiger partial charge in [-0.25, -0.2) is 4.79 Å². The summed E-state index contributed by atoms with van der Waals surface area (Å²) >= 11 is 0. The summed E-state index contributed by atoms with van der Waals surface area (Å²) < 4.78 is 16.4. The number of hydrogen-bond acceptors (Lipinski definition) is 4. The Morgan fingerprint density at radius 2 is 1.74 bits per heavy atom. The summed E-state index contributed by atoms with van der Waals surface area (Å²) in [5.41, 5.74) is 2.53. The van der Waals surface area contributed by atoms with Crippen LogP contribution >= 0.6 is 0 Å². The summed E-state index contributed by atoms with van der Waals surface area (Å²) in [6.45, 7) is 8.19. The Kier molecular flexibility index (Phi) is 10.2. The number of likely N-dealkylation sites (tertiary alicyclic amines) is 1. The van der Waals surface area contributed by atoms with Crippen LogP contribution < -0.4 is 9.47 Å². The van der Waals surface area contributed by atoms with Gasteiger partial charge >= 0.3 is 6.09 Å². The second-order valence-electron chi connectivity index (χ2n) is 7.66. The topological polar surface area (TPSA) is 48.0 Å². The Labute approximate surface area is 187 Å². The average molecular weight is 428 g/mol. The van der Waals surface area contributed by atoms with E-state index in [0.29, 0.717) is 25.6 Å². The van der Waals surface area contributed by atoms with Crippen molar-refractivity contribution in [3.8, 4) is 11.5 Å². The van der Waals surface area contributed by atoms with Crippen molar-refractivity contribution < 1.29 is 19.0 Å². The number of benzene rings is 2. The number of rotatable bonds is 8. The molecule has 1 saturated heterocycles. The molecule has 0 bridgehead atoms. The van der Waals surface area contributed by atoms with Gasteiger partial charge < -0.3 is 19.1 Å². The Balaban J connectivity index is 0.00000166. The van der Waals surface area contributed by atoms with Crippen molar-refractivity contribution in [2.24, 2.45) is 5.92 Å². The lowest BCUT2D eigenvalue weighted by atomic mass is 9.90. The predicted octanol–water partition coefficient (Wildman–Crippen LogP) is 5.92. The summed E-state index contributed by atoms with van der Waals surface area (Å²) in [6.07, 6.45) is 2.87. The summed E-state index contributed by atoms with van der Waals surface area (Å²) in [5, 5.41) is 0. The minimum atomic E-state index is -0.261. The van der Waals surface area contributed by atoms with Gasteiger partial charge in [0.25, 0.3) is 0 Å². The molecule has 2 aromatic rings. The first-order valence-electron chi connectivity index (χ1n) is 11.3. The van der Waals surface area contributed by atoms with E-state index >= 15 is 0 Å². The molecular formula is C26H37NO4. The van der Waals surface area contributed by atoms with E-state index in [0.717, 1.165) is 30.8 Å². The van der Waals surface area contributed by atoms with Crippen molar-refractivity contribution >= 4 is 6.09 Å². The molecule has 31 heavy (non-hydrogen) atoms. The Morgan fingerprint density at radius 1 is 1.00 bits per heavy atom. The van der Waals surface area contributed by atoms with Gasteiger partial charge in [-0.05, 0) is 48.4 Å². The first kappa shape index (κ1) is 24.6. The SMILES string of the molecule is CC.COC(=O)N1CC(C)[C@H](c2ccc(OC)c(OCCCCc3ccccc3)c2)C1. The fourth-order valence-corrected chi connectivity index (χ4v) is 3.97. The number of hydrogen-bond donors (Lipinski definition) is 0.